The molecule has 5 aliphatic heterocycles. The van der Waals surface area contributed by atoms with Crippen molar-refractivity contribution in [2.24, 2.45) is 0 Å². The Hall–Kier alpha value is -1.83. The molecule has 0 amide bonds. The number of benzene rings is 2. The fourth-order valence-electron chi connectivity index (χ4n) is 7.02. The number of hydrogen-bond donors (Lipinski definition) is 0. The van der Waals surface area contributed by atoms with Gasteiger partial charge in [-0.15, -0.1) is 0 Å². The molecule has 0 radical (unpaired) electrons. The van der Waals surface area contributed by atoms with Crippen molar-refractivity contribution in [1.82, 2.24) is 0 Å². The molecule has 8 heteroatoms. The highest BCUT2D eigenvalue weighted by atomic mass is 16.7. The van der Waals surface area contributed by atoms with Crippen molar-refractivity contribution in [3.05, 3.63) is 53.1 Å². The SMILES string of the molecule is CC.CC1(C)OB(c2ccc3c(c2)C(C)(C)C(C)(C)O3)OC1(C)C.CC12CCC(C)(O1)c1cc(B3OC(C)(C)C(C)(C)O3)ccc12. The molecule has 7 rings (SSSR count). The van der Waals surface area contributed by atoms with Gasteiger partial charge in [-0.05, 0) is 124 Å². The molecule has 2 aromatic carbocycles. The van der Waals surface area contributed by atoms with E-state index in [1.165, 1.54) is 16.7 Å². The third-order valence-corrected chi connectivity index (χ3v) is 12.3. The van der Waals surface area contributed by atoms with Gasteiger partial charge < -0.3 is 28.1 Å². The fraction of sp³-hybridized carbons (Fsp3) is 0.684. The first kappa shape index (κ1) is 35.5. The molecule has 46 heavy (non-hydrogen) atoms. The largest absolute Gasteiger partial charge is 0.494 e. The maximum absolute atomic E-state index is 6.34. The highest BCUT2D eigenvalue weighted by Crippen LogP contribution is 2.57. The summed E-state index contributed by atoms with van der Waals surface area (Å²) in [5.41, 5.74) is 4.26. The zero-order valence-electron chi connectivity index (χ0n) is 31.5. The minimum Gasteiger partial charge on any atom is -0.487 e. The summed E-state index contributed by atoms with van der Waals surface area (Å²) in [5, 5.41) is 0. The van der Waals surface area contributed by atoms with Crippen LogP contribution >= 0.6 is 0 Å². The van der Waals surface area contributed by atoms with E-state index in [0.29, 0.717) is 0 Å². The summed E-state index contributed by atoms with van der Waals surface area (Å²) in [4.78, 5) is 0. The molecule has 0 aliphatic carbocycles. The van der Waals surface area contributed by atoms with E-state index < -0.39 is 0 Å². The number of rotatable bonds is 2. The van der Waals surface area contributed by atoms with Crippen LogP contribution in [0.25, 0.3) is 0 Å². The second-order valence-electron chi connectivity index (χ2n) is 17.0. The van der Waals surface area contributed by atoms with Gasteiger partial charge >= 0.3 is 14.2 Å². The van der Waals surface area contributed by atoms with Gasteiger partial charge in [0.1, 0.15) is 11.4 Å². The van der Waals surface area contributed by atoms with Crippen molar-refractivity contribution in [2.75, 3.05) is 0 Å². The van der Waals surface area contributed by atoms with Gasteiger partial charge in [-0.3, -0.25) is 0 Å². The smallest absolute Gasteiger partial charge is 0.487 e. The van der Waals surface area contributed by atoms with Crippen LogP contribution in [0.1, 0.15) is 140 Å². The van der Waals surface area contributed by atoms with E-state index in [0.717, 1.165) is 29.5 Å². The van der Waals surface area contributed by atoms with Crippen molar-refractivity contribution in [3.8, 4) is 5.75 Å². The topological polar surface area (TPSA) is 55.4 Å². The summed E-state index contributed by atoms with van der Waals surface area (Å²) in [7, 11) is -0.624. The number of ether oxygens (including phenoxy) is 2. The molecular formula is C38H58B2O6. The summed E-state index contributed by atoms with van der Waals surface area (Å²) in [6.45, 7) is 33.8. The molecule has 0 saturated carbocycles. The third-order valence-electron chi connectivity index (χ3n) is 12.3. The molecule has 2 bridgehead atoms. The Kier molecular flexibility index (Phi) is 8.36. The maximum Gasteiger partial charge on any atom is 0.494 e. The normalized spacial score (nSPS) is 30.9. The van der Waals surface area contributed by atoms with Gasteiger partial charge in [-0.25, -0.2) is 0 Å². The summed E-state index contributed by atoms with van der Waals surface area (Å²) in [5.74, 6) is 0.968. The van der Waals surface area contributed by atoms with Crippen molar-refractivity contribution in [2.45, 2.75) is 168 Å². The molecule has 3 saturated heterocycles. The van der Waals surface area contributed by atoms with E-state index in [2.05, 4.69) is 127 Å². The van der Waals surface area contributed by atoms with Crippen LogP contribution in [0.2, 0.25) is 0 Å². The van der Waals surface area contributed by atoms with Gasteiger partial charge in [-0.2, -0.15) is 0 Å². The quantitative estimate of drug-likeness (QED) is 0.317. The summed E-state index contributed by atoms with van der Waals surface area (Å²) < 4.78 is 37.2. The Balaban J connectivity index is 0.000000172. The van der Waals surface area contributed by atoms with E-state index in [4.69, 9.17) is 28.1 Å². The Labute approximate surface area is 279 Å². The molecule has 0 N–H and O–H groups in total. The Morgan fingerprint density at radius 3 is 1.33 bits per heavy atom. The Bertz CT molecular complexity index is 1460. The van der Waals surface area contributed by atoms with Crippen LogP contribution in [0.5, 0.6) is 5.75 Å². The third kappa shape index (κ3) is 5.39. The molecule has 2 aromatic rings. The molecule has 6 nitrogen and oxygen atoms in total. The predicted molar refractivity (Wildman–Crippen MR) is 188 cm³/mol. The lowest BCUT2D eigenvalue weighted by molar-refractivity contribution is -0.0662. The van der Waals surface area contributed by atoms with E-state index >= 15 is 0 Å². The first-order valence-corrected chi connectivity index (χ1v) is 17.3. The van der Waals surface area contributed by atoms with E-state index in [-0.39, 0.29) is 58.9 Å². The average molecular weight is 633 g/mol. The van der Waals surface area contributed by atoms with Crippen LogP contribution in [0, 0.1) is 0 Å². The van der Waals surface area contributed by atoms with Gasteiger partial charge in [0.15, 0.2) is 0 Å². The standard InChI is InChI=1S/C18H25BO3.C18H27BO3.C2H6/c1-15(2)16(3,4)22-19(21-15)12-7-8-13-14(11-12)18(6)10-9-17(13,5)20-18;1-15(2)13-11-12(9-10-14(13)20-16(15,3)4)19-21-17(5,6)18(7,8)22-19;1-2/h7-8,11H,9-10H2,1-6H3;9-11H,1-8H3;1-2H3. The fourth-order valence-corrected chi connectivity index (χ4v) is 7.02. The van der Waals surface area contributed by atoms with Gasteiger partial charge in [0, 0.05) is 11.0 Å². The monoisotopic (exact) mass is 632 g/mol. The molecule has 252 valence electrons. The molecule has 0 aromatic heterocycles. The number of hydrogen-bond acceptors (Lipinski definition) is 6. The van der Waals surface area contributed by atoms with E-state index in [1.807, 2.05) is 19.9 Å². The zero-order valence-corrected chi connectivity index (χ0v) is 31.5. The van der Waals surface area contributed by atoms with Gasteiger partial charge in [-0.1, -0.05) is 58.0 Å². The second kappa shape index (κ2) is 10.8. The number of fused-ring (bicyclic) bond motifs is 6. The highest BCUT2D eigenvalue weighted by molar-refractivity contribution is 6.62. The molecule has 2 unspecified atom stereocenters. The lowest BCUT2D eigenvalue weighted by Gasteiger charge is -2.33. The molecule has 5 heterocycles. The lowest BCUT2D eigenvalue weighted by Crippen LogP contribution is -2.42. The molecule has 0 spiro atoms. The molecule has 3 fully saturated rings. The van der Waals surface area contributed by atoms with Crippen LogP contribution in [0.3, 0.4) is 0 Å². The van der Waals surface area contributed by atoms with Gasteiger partial charge in [0.05, 0.1) is 33.6 Å². The zero-order chi connectivity index (χ0) is 34.5. The first-order chi connectivity index (χ1) is 20.9. The van der Waals surface area contributed by atoms with E-state index in [9.17, 15) is 0 Å². The summed E-state index contributed by atoms with van der Waals surface area (Å²) in [6, 6.07) is 12.9. The highest BCUT2D eigenvalue weighted by Gasteiger charge is 2.57. The summed E-state index contributed by atoms with van der Waals surface area (Å²) >= 11 is 0. The van der Waals surface area contributed by atoms with Gasteiger partial charge in [0.2, 0.25) is 0 Å². The predicted octanol–water partition coefficient (Wildman–Crippen LogP) is 7.70. The second-order valence-corrected chi connectivity index (χ2v) is 17.0. The molecule has 2 atom stereocenters. The van der Waals surface area contributed by atoms with Crippen molar-refractivity contribution < 1.29 is 28.1 Å². The van der Waals surface area contributed by atoms with Crippen molar-refractivity contribution in [3.63, 3.8) is 0 Å². The maximum atomic E-state index is 6.34. The van der Waals surface area contributed by atoms with Crippen LogP contribution in [0.15, 0.2) is 36.4 Å². The van der Waals surface area contributed by atoms with Crippen LogP contribution in [-0.2, 0) is 40.0 Å². The molecule has 5 aliphatic rings. The average Bonchev–Trinajstić information content (AvgIpc) is 3.59. The minimum atomic E-state index is -0.324. The van der Waals surface area contributed by atoms with Crippen LogP contribution < -0.4 is 15.7 Å². The Morgan fingerprint density at radius 2 is 0.870 bits per heavy atom. The van der Waals surface area contributed by atoms with Crippen LogP contribution in [-0.4, -0.2) is 42.2 Å². The Morgan fingerprint density at radius 1 is 0.478 bits per heavy atom. The minimum absolute atomic E-state index is 0.0536. The van der Waals surface area contributed by atoms with Crippen molar-refractivity contribution >= 4 is 25.2 Å². The van der Waals surface area contributed by atoms with Gasteiger partial charge in [0.25, 0.3) is 0 Å². The van der Waals surface area contributed by atoms with E-state index in [1.54, 1.807) is 0 Å². The summed E-state index contributed by atoms with van der Waals surface area (Å²) in [6.07, 6.45) is 2.19. The van der Waals surface area contributed by atoms with Crippen LogP contribution in [0.4, 0.5) is 0 Å². The first-order valence-electron chi connectivity index (χ1n) is 17.3. The lowest BCUT2D eigenvalue weighted by atomic mass is 9.70. The van der Waals surface area contributed by atoms with Crippen molar-refractivity contribution in [1.29, 1.82) is 0 Å². The molecular weight excluding hydrogens is 574 g/mol.